The quantitative estimate of drug-likeness (QED) is 0.821. The fourth-order valence-electron chi connectivity index (χ4n) is 2.25. The largest absolute Gasteiger partial charge is 0.368 e. The van der Waals surface area contributed by atoms with E-state index in [2.05, 4.69) is 15.5 Å². The second kappa shape index (κ2) is 5.00. The van der Waals surface area contributed by atoms with Gasteiger partial charge in [0.2, 0.25) is 0 Å². The highest BCUT2D eigenvalue weighted by atomic mass is 35.5. The van der Waals surface area contributed by atoms with Crippen LogP contribution in [0.25, 0.3) is 0 Å². The lowest BCUT2D eigenvalue weighted by Gasteiger charge is -2.26. The van der Waals surface area contributed by atoms with Crippen LogP contribution in [0.15, 0.2) is 12.1 Å². The monoisotopic (exact) mass is 239 g/mol. The molecule has 1 aliphatic rings. The minimum absolute atomic E-state index is 0.272. The van der Waals surface area contributed by atoms with Gasteiger partial charge in [-0.05, 0) is 31.9 Å². The molecule has 1 aromatic rings. The van der Waals surface area contributed by atoms with Crippen molar-refractivity contribution in [3.8, 4) is 0 Å². The molecule has 0 aromatic carbocycles. The topological polar surface area (TPSA) is 37.8 Å². The van der Waals surface area contributed by atoms with Gasteiger partial charge in [-0.15, -0.1) is 16.7 Å². The molecule has 1 aromatic heterocycles. The summed E-state index contributed by atoms with van der Waals surface area (Å²) in [6.07, 6.45) is 5.05. The summed E-state index contributed by atoms with van der Waals surface area (Å²) in [5.41, 5.74) is 1.21. The minimum Gasteiger partial charge on any atom is -0.368 e. The predicted molar refractivity (Wildman–Crippen MR) is 66.9 cm³/mol. The third-order valence-corrected chi connectivity index (χ3v) is 3.96. The fraction of sp³-hybridized carbons (Fsp3) is 0.667. The first kappa shape index (κ1) is 11.6. The normalized spacial score (nSPS) is 18.6. The van der Waals surface area contributed by atoms with E-state index < -0.39 is 0 Å². The molecular formula is C12H18ClN3. The van der Waals surface area contributed by atoms with Crippen LogP contribution >= 0.6 is 11.6 Å². The molecule has 16 heavy (non-hydrogen) atoms. The molecule has 1 aliphatic carbocycles. The number of rotatable bonds is 4. The molecule has 4 heteroatoms. The Labute approximate surface area is 102 Å². The number of nitrogens with zero attached hydrogens (tertiary/aromatic N) is 2. The summed E-state index contributed by atoms with van der Waals surface area (Å²) in [7, 11) is 0. The summed E-state index contributed by atoms with van der Waals surface area (Å²) in [6.45, 7) is 2.85. The lowest BCUT2D eigenvalue weighted by Crippen LogP contribution is -2.28. The van der Waals surface area contributed by atoms with Crippen LogP contribution in [0.2, 0.25) is 0 Å². The maximum atomic E-state index is 6.08. The Bertz CT molecular complexity index is 331. The van der Waals surface area contributed by atoms with Gasteiger partial charge in [0.05, 0.1) is 5.69 Å². The Hall–Kier alpha value is -0.830. The molecule has 0 atom stereocenters. The van der Waals surface area contributed by atoms with E-state index in [9.17, 15) is 0 Å². The van der Waals surface area contributed by atoms with Crippen molar-refractivity contribution in [1.29, 1.82) is 0 Å². The van der Waals surface area contributed by atoms with Crippen molar-refractivity contribution in [3.63, 3.8) is 0 Å². The van der Waals surface area contributed by atoms with E-state index in [1.54, 1.807) is 0 Å². The van der Waals surface area contributed by atoms with Crippen LogP contribution in [-0.2, 0) is 0 Å². The summed E-state index contributed by atoms with van der Waals surface area (Å²) in [6, 6.07) is 3.94. The number of alkyl halides is 1. The summed E-state index contributed by atoms with van der Waals surface area (Å²) < 4.78 is 0. The maximum Gasteiger partial charge on any atom is 0.148 e. The van der Waals surface area contributed by atoms with Crippen LogP contribution in [0.5, 0.6) is 0 Å². The Morgan fingerprint density at radius 2 is 2.06 bits per heavy atom. The average Bonchev–Trinajstić information content (AvgIpc) is 2.78. The van der Waals surface area contributed by atoms with E-state index in [1.165, 1.54) is 25.7 Å². The molecule has 0 bridgehead atoms. The van der Waals surface area contributed by atoms with Gasteiger partial charge >= 0.3 is 0 Å². The Balaban J connectivity index is 1.93. The predicted octanol–water partition coefficient (Wildman–Crippen LogP) is 3.00. The lowest BCUT2D eigenvalue weighted by molar-refractivity contribution is 0.368. The molecule has 1 saturated carbocycles. The summed E-state index contributed by atoms with van der Waals surface area (Å²) in [4.78, 5) is 0. The van der Waals surface area contributed by atoms with Gasteiger partial charge in [-0.25, -0.2) is 0 Å². The van der Waals surface area contributed by atoms with E-state index in [4.69, 9.17) is 11.6 Å². The average molecular weight is 240 g/mol. The molecule has 0 aliphatic heterocycles. The van der Waals surface area contributed by atoms with Gasteiger partial charge in [0, 0.05) is 17.8 Å². The van der Waals surface area contributed by atoms with Crippen molar-refractivity contribution in [2.24, 2.45) is 5.41 Å². The SMILES string of the molecule is Cc1ccc(NCC2(CCl)CCCC2)nn1. The number of nitrogens with one attached hydrogen (secondary N) is 1. The van der Waals surface area contributed by atoms with Crippen molar-refractivity contribution >= 4 is 17.4 Å². The summed E-state index contributed by atoms with van der Waals surface area (Å²) in [5, 5.41) is 11.5. The van der Waals surface area contributed by atoms with Crippen LogP contribution in [0.1, 0.15) is 31.4 Å². The molecule has 0 spiro atoms. The molecule has 0 saturated heterocycles. The van der Waals surface area contributed by atoms with E-state index in [1.807, 2.05) is 19.1 Å². The highest BCUT2D eigenvalue weighted by Gasteiger charge is 2.32. The van der Waals surface area contributed by atoms with Crippen molar-refractivity contribution in [1.82, 2.24) is 10.2 Å². The Morgan fingerprint density at radius 3 is 2.62 bits per heavy atom. The fourth-order valence-corrected chi connectivity index (χ4v) is 2.62. The minimum atomic E-state index is 0.272. The highest BCUT2D eigenvalue weighted by Crippen LogP contribution is 2.39. The third kappa shape index (κ3) is 2.64. The zero-order valence-corrected chi connectivity index (χ0v) is 10.4. The van der Waals surface area contributed by atoms with Crippen LogP contribution in [0, 0.1) is 12.3 Å². The van der Waals surface area contributed by atoms with E-state index in [0.29, 0.717) is 0 Å². The number of anilines is 1. The van der Waals surface area contributed by atoms with E-state index >= 15 is 0 Å². The van der Waals surface area contributed by atoms with Gasteiger partial charge in [0.15, 0.2) is 0 Å². The zero-order valence-electron chi connectivity index (χ0n) is 9.67. The molecule has 1 heterocycles. The molecule has 3 nitrogen and oxygen atoms in total. The molecular weight excluding hydrogens is 222 g/mol. The van der Waals surface area contributed by atoms with Gasteiger partial charge in [0.25, 0.3) is 0 Å². The first-order valence-electron chi connectivity index (χ1n) is 5.84. The summed E-state index contributed by atoms with van der Waals surface area (Å²) in [5.74, 6) is 1.58. The number of hydrogen-bond acceptors (Lipinski definition) is 3. The first-order chi connectivity index (χ1) is 7.74. The van der Waals surface area contributed by atoms with Crippen LogP contribution in [-0.4, -0.2) is 22.6 Å². The van der Waals surface area contributed by atoms with Gasteiger partial charge in [-0.3, -0.25) is 0 Å². The first-order valence-corrected chi connectivity index (χ1v) is 6.38. The molecule has 0 unspecified atom stereocenters. The maximum absolute atomic E-state index is 6.08. The van der Waals surface area contributed by atoms with E-state index in [-0.39, 0.29) is 5.41 Å². The Kier molecular flexibility index (Phi) is 3.64. The van der Waals surface area contributed by atoms with Crippen molar-refractivity contribution in [2.45, 2.75) is 32.6 Å². The number of halogens is 1. The second-order valence-corrected chi connectivity index (χ2v) is 5.02. The molecule has 1 fully saturated rings. The Morgan fingerprint density at radius 1 is 1.31 bits per heavy atom. The van der Waals surface area contributed by atoms with E-state index in [0.717, 1.165) is 23.9 Å². The van der Waals surface area contributed by atoms with Gasteiger partial charge in [0.1, 0.15) is 5.82 Å². The highest BCUT2D eigenvalue weighted by molar-refractivity contribution is 6.18. The third-order valence-electron chi connectivity index (χ3n) is 3.39. The number of aryl methyl sites for hydroxylation is 1. The number of hydrogen-bond donors (Lipinski definition) is 1. The second-order valence-electron chi connectivity index (χ2n) is 4.75. The van der Waals surface area contributed by atoms with Crippen molar-refractivity contribution in [3.05, 3.63) is 17.8 Å². The van der Waals surface area contributed by atoms with Gasteiger partial charge in [-0.1, -0.05) is 12.8 Å². The molecule has 1 N–H and O–H groups in total. The molecule has 88 valence electrons. The van der Waals surface area contributed by atoms with Crippen LogP contribution < -0.4 is 5.32 Å². The van der Waals surface area contributed by atoms with Crippen LogP contribution in [0.4, 0.5) is 5.82 Å². The summed E-state index contributed by atoms with van der Waals surface area (Å²) >= 11 is 6.08. The molecule has 2 rings (SSSR count). The van der Waals surface area contributed by atoms with Crippen molar-refractivity contribution in [2.75, 3.05) is 17.7 Å². The standard InChI is InChI=1S/C12H18ClN3/c1-10-4-5-11(16-15-10)14-9-12(8-13)6-2-3-7-12/h4-5H,2-3,6-9H2,1H3,(H,14,16). The zero-order chi connectivity index (χ0) is 11.4. The van der Waals surface area contributed by atoms with Crippen LogP contribution in [0.3, 0.4) is 0 Å². The number of aromatic nitrogens is 2. The van der Waals surface area contributed by atoms with Gasteiger partial charge < -0.3 is 5.32 Å². The van der Waals surface area contributed by atoms with Crippen molar-refractivity contribution < 1.29 is 0 Å². The molecule has 0 amide bonds. The molecule has 0 radical (unpaired) electrons. The smallest absolute Gasteiger partial charge is 0.148 e. The lowest BCUT2D eigenvalue weighted by atomic mass is 9.88. The van der Waals surface area contributed by atoms with Gasteiger partial charge in [-0.2, -0.15) is 5.10 Å².